The Morgan fingerprint density at radius 1 is 1.07 bits per heavy atom. The van der Waals surface area contributed by atoms with E-state index in [0.29, 0.717) is 35.4 Å². The van der Waals surface area contributed by atoms with Crippen LogP contribution in [-0.4, -0.2) is 48.6 Å². The normalized spacial score (nSPS) is 22.3. The maximum absolute atomic E-state index is 14.7. The summed E-state index contributed by atoms with van der Waals surface area (Å²) in [6.07, 6.45) is 2.31. The number of halogens is 3. The number of hydroxylamine groups is 1. The molecule has 0 radical (unpaired) electrons. The summed E-state index contributed by atoms with van der Waals surface area (Å²) in [5.41, 5.74) is 3.43. The Morgan fingerprint density at radius 3 is 2.57 bits per heavy atom. The number of carbonyl (C=O) groups is 3. The Bertz CT molecular complexity index is 1630. The maximum Gasteiger partial charge on any atom is 0.335 e. The zero-order valence-electron chi connectivity index (χ0n) is 23.0. The van der Waals surface area contributed by atoms with Crippen LogP contribution in [0.15, 0.2) is 60.7 Å². The quantitative estimate of drug-likeness (QED) is 0.214. The molecule has 0 saturated heterocycles. The van der Waals surface area contributed by atoms with Crippen LogP contribution in [0.2, 0.25) is 10.0 Å². The fourth-order valence-electron chi connectivity index (χ4n) is 6.05. The van der Waals surface area contributed by atoms with E-state index in [9.17, 15) is 32.6 Å². The highest BCUT2D eigenvalue weighted by Crippen LogP contribution is 2.48. The van der Waals surface area contributed by atoms with Crippen LogP contribution in [0.25, 0.3) is 0 Å². The summed E-state index contributed by atoms with van der Waals surface area (Å²) < 4.78 is 40.7. The van der Waals surface area contributed by atoms with E-state index in [1.807, 2.05) is 0 Å². The third kappa shape index (κ3) is 6.80. The third-order valence-corrected chi connectivity index (χ3v) is 8.97. The van der Waals surface area contributed by atoms with E-state index in [2.05, 4.69) is 10.2 Å². The number of hydrogen-bond acceptors (Lipinski definition) is 6. The first-order valence-electron chi connectivity index (χ1n) is 13.7. The number of benzene rings is 3. The fraction of sp³-hybridized carbons (Fsp3) is 0.300. The average molecular weight is 664 g/mol. The van der Waals surface area contributed by atoms with Crippen molar-refractivity contribution in [3.63, 3.8) is 0 Å². The van der Waals surface area contributed by atoms with Gasteiger partial charge in [-0.3, -0.25) is 18.6 Å². The molecule has 1 aliphatic heterocycles. The molecule has 14 heteroatoms. The fourth-order valence-corrected chi connectivity index (χ4v) is 7.09. The summed E-state index contributed by atoms with van der Waals surface area (Å²) in [5, 5.41) is 9.74. The van der Waals surface area contributed by atoms with Gasteiger partial charge in [0.1, 0.15) is 5.82 Å². The van der Waals surface area contributed by atoms with Gasteiger partial charge >= 0.3 is 5.97 Å². The van der Waals surface area contributed by atoms with Crippen molar-refractivity contribution in [1.82, 2.24) is 15.1 Å². The van der Waals surface area contributed by atoms with E-state index in [-0.39, 0.29) is 28.3 Å². The molecule has 2 aliphatic rings. The minimum Gasteiger partial charge on any atom is -0.760 e. The van der Waals surface area contributed by atoms with Crippen LogP contribution in [0.4, 0.5) is 4.39 Å². The number of rotatable bonds is 9. The van der Waals surface area contributed by atoms with Crippen LogP contribution in [0.1, 0.15) is 75.0 Å². The van der Waals surface area contributed by atoms with Gasteiger partial charge in [-0.05, 0) is 72.0 Å². The molecule has 2 amide bonds. The van der Waals surface area contributed by atoms with Crippen molar-refractivity contribution in [3.05, 3.63) is 104 Å². The van der Waals surface area contributed by atoms with Crippen LogP contribution >= 0.6 is 23.2 Å². The summed E-state index contributed by atoms with van der Waals surface area (Å²) in [4.78, 5) is 46.5. The predicted molar refractivity (Wildman–Crippen MR) is 159 cm³/mol. The second-order valence-electron chi connectivity index (χ2n) is 10.6. The Labute approximate surface area is 264 Å². The van der Waals surface area contributed by atoms with Gasteiger partial charge in [-0.25, -0.2) is 19.4 Å². The van der Waals surface area contributed by atoms with E-state index in [1.165, 1.54) is 35.2 Å². The lowest BCUT2D eigenvalue weighted by Gasteiger charge is -2.49. The Hall–Kier alpha value is -3.39. The number of hydrogen-bond donors (Lipinski definition) is 3. The number of fused-ring (bicyclic) bond motifs is 1. The van der Waals surface area contributed by atoms with Crippen molar-refractivity contribution in [2.75, 3.05) is 0 Å². The molecule has 1 heterocycles. The smallest absolute Gasteiger partial charge is 0.335 e. The Balaban J connectivity index is 1.58. The molecule has 3 N–H and O–H groups in total. The van der Waals surface area contributed by atoms with Gasteiger partial charge in [0, 0.05) is 39.0 Å². The molecule has 1 aliphatic carbocycles. The first kappa shape index (κ1) is 32.0. The first-order valence-corrected chi connectivity index (χ1v) is 15.5. The predicted octanol–water partition coefficient (Wildman–Crippen LogP) is 5.05. The van der Waals surface area contributed by atoms with Crippen LogP contribution in [0.3, 0.4) is 0 Å². The van der Waals surface area contributed by atoms with Gasteiger partial charge in [0.2, 0.25) is 0 Å². The number of carbonyl (C=O) groups excluding carboxylic acids is 2. The molecule has 3 aromatic carbocycles. The van der Waals surface area contributed by atoms with Gasteiger partial charge in [-0.1, -0.05) is 54.2 Å². The monoisotopic (exact) mass is 662 g/mol. The zero-order chi connectivity index (χ0) is 31.5. The summed E-state index contributed by atoms with van der Waals surface area (Å²) >= 11 is 10.2. The number of carboxylic acid groups (broad SMARTS) is 1. The summed E-state index contributed by atoms with van der Waals surface area (Å²) in [7, 11) is 0. The van der Waals surface area contributed by atoms with Gasteiger partial charge in [0.15, 0.2) is 0 Å². The highest BCUT2D eigenvalue weighted by Gasteiger charge is 2.49. The van der Waals surface area contributed by atoms with E-state index in [0.717, 1.165) is 18.6 Å². The number of nitrogens with one attached hydrogen (secondary N) is 2. The standard InChI is InChI=1S/C30H28Cl2FN3O7S/c31-18-8-10-21(23(32)13-18)27-26(28(37)34-43-15-16-4-3-5-17(12-16)30(39)40)22-14-19(33)9-11-20(22)29(38)36(27)25-7-2-1-6-24(25)35-44(41)42/h3-5,8-14,24-27,35H,1-2,6-7,15H2,(H,34,37)(H,39,40)(H,41,42)/p-1/t24-,25-,26+,27-/m0/s1. The number of carboxylic acids is 1. The number of aromatic carboxylic acids is 1. The van der Waals surface area contributed by atoms with Gasteiger partial charge in [-0.15, -0.1) is 0 Å². The van der Waals surface area contributed by atoms with Crippen LogP contribution in [0, 0.1) is 5.82 Å². The minimum absolute atomic E-state index is 0.0374. The minimum atomic E-state index is -2.62. The van der Waals surface area contributed by atoms with Crippen molar-refractivity contribution in [1.29, 1.82) is 0 Å². The molecule has 5 rings (SSSR count). The lowest BCUT2D eigenvalue weighted by atomic mass is 9.76. The van der Waals surface area contributed by atoms with E-state index >= 15 is 0 Å². The third-order valence-electron chi connectivity index (χ3n) is 7.91. The van der Waals surface area contributed by atoms with E-state index in [1.54, 1.807) is 18.2 Å². The molecule has 232 valence electrons. The second-order valence-corrected chi connectivity index (χ2v) is 12.2. The van der Waals surface area contributed by atoms with Crippen LogP contribution in [0.5, 0.6) is 0 Å². The molecule has 1 fully saturated rings. The van der Waals surface area contributed by atoms with Crippen LogP contribution < -0.4 is 10.2 Å². The molecular weight excluding hydrogens is 636 g/mol. The zero-order valence-corrected chi connectivity index (χ0v) is 25.3. The highest BCUT2D eigenvalue weighted by atomic mass is 35.5. The van der Waals surface area contributed by atoms with Gasteiger partial charge in [-0.2, -0.15) is 0 Å². The van der Waals surface area contributed by atoms with Crippen molar-refractivity contribution in [3.8, 4) is 0 Å². The van der Waals surface area contributed by atoms with Crippen molar-refractivity contribution in [2.24, 2.45) is 0 Å². The summed E-state index contributed by atoms with van der Waals surface area (Å²) in [5.74, 6) is -4.29. The molecule has 0 aromatic heterocycles. The lowest BCUT2D eigenvalue weighted by Crippen LogP contribution is -2.58. The van der Waals surface area contributed by atoms with Crippen LogP contribution in [-0.2, 0) is 27.5 Å². The highest BCUT2D eigenvalue weighted by molar-refractivity contribution is 7.77. The molecule has 0 spiro atoms. The average Bonchev–Trinajstić information content (AvgIpc) is 2.97. The first-order chi connectivity index (χ1) is 21.0. The molecular formula is C30H27Cl2FN3O7S-. The molecule has 44 heavy (non-hydrogen) atoms. The van der Waals surface area contributed by atoms with Gasteiger partial charge in [0.25, 0.3) is 11.8 Å². The van der Waals surface area contributed by atoms with Gasteiger partial charge in [0.05, 0.1) is 24.1 Å². The molecule has 3 aromatic rings. The van der Waals surface area contributed by atoms with E-state index in [4.69, 9.17) is 28.0 Å². The van der Waals surface area contributed by atoms with Crippen molar-refractivity contribution < 1.29 is 37.5 Å². The molecule has 0 bridgehead atoms. The molecule has 10 nitrogen and oxygen atoms in total. The molecule has 1 unspecified atom stereocenters. The largest absolute Gasteiger partial charge is 0.760 e. The second kappa shape index (κ2) is 13.7. The van der Waals surface area contributed by atoms with Gasteiger partial charge < -0.3 is 14.6 Å². The SMILES string of the molecule is O=C(O)c1cccc(CONC(=O)[C@@H]2c3cc(F)ccc3C(=O)N([C@H]3CCCC[C@@H]3NS(=O)[O-])[C@H]2c2ccc(Cl)cc2Cl)c1. The van der Waals surface area contributed by atoms with Crippen molar-refractivity contribution >= 4 is 52.3 Å². The summed E-state index contributed by atoms with van der Waals surface area (Å²) in [6, 6.07) is 11.7. The summed E-state index contributed by atoms with van der Waals surface area (Å²) in [6.45, 7) is -0.186. The topological polar surface area (TPSA) is 148 Å². The Kier molecular flexibility index (Phi) is 9.98. The molecule has 1 saturated carbocycles. The number of amides is 2. The van der Waals surface area contributed by atoms with Crippen molar-refractivity contribution in [2.45, 2.75) is 56.3 Å². The molecule has 5 atom stereocenters. The lowest BCUT2D eigenvalue weighted by molar-refractivity contribution is -0.138. The number of nitrogens with zero attached hydrogens (tertiary/aromatic N) is 1. The maximum atomic E-state index is 14.7. The van der Waals surface area contributed by atoms with E-state index < -0.39 is 58.9 Å². The Morgan fingerprint density at radius 2 is 1.84 bits per heavy atom.